The fourth-order valence-corrected chi connectivity index (χ4v) is 6.38. The molecule has 4 bridgehead atoms. The van der Waals surface area contributed by atoms with Crippen molar-refractivity contribution in [3.05, 3.63) is 28.2 Å². The highest BCUT2D eigenvalue weighted by molar-refractivity contribution is 9.10. The molecule has 0 radical (unpaired) electrons. The third kappa shape index (κ3) is 2.77. The van der Waals surface area contributed by atoms with Crippen LogP contribution in [0.15, 0.2) is 22.7 Å². The van der Waals surface area contributed by atoms with Crippen LogP contribution in [-0.2, 0) is 11.3 Å². The standard InChI is InChI=1S/C20H26BrNO2/c1-22(12-16-8-17(21)3-4-18(16)24-2)19(23)20-9-13-5-14(10-20)7-15(6-13)11-20/h3-4,8,13-15H,5-7,9-12H2,1-2H3. The predicted molar refractivity (Wildman–Crippen MR) is 97.8 cm³/mol. The molecule has 1 aromatic rings. The summed E-state index contributed by atoms with van der Waals surface area (Å²) in [5.74, 6) is 3.61. The zero-order valence-electron chi connectivity index (χ0n) is 14.6. The maximum absolute atomic E-state index is 13.4. The van der Waals surface area contributed by atoms with Gasteiger partial charge in [0.2, 0.25) is 5.91 Å². The minimum Gasteiger partial charge on any atom is -0.496 e. The molecule has 0 aliphatic heterocycles. The van der Waals surface area contributed by atoms with Crippen LogP contribution in [-0.4, -0.2) is 25.0 Å². The van der Waals surface area contributed by atoms with Crippen molar-refractivity contribution in [3.8, 4) is 5.75 Å². The van der Waals surface area contributed by atoms with E-state index in [1.165, 1.54) is 19.3 Å². The number of hydrogen-bond acceptors (Lipinski definition) is 2. The summed E-state index contributed by atoms with van der Waals surface area (Å²) in [5.41, 5.74) is 0.996. The second kappa shape index (κ2) is 6.05. The molecule has 0 unspecified atom stereocenters. The largest absolute Gasteiger partial charge is 0.496 e. The Morgan fingerprint density at radius 2 is 1.79 bits per heavy atom. The summed E-state index contributed by atoms with van der Waals surface area (Å²) in [7, 11) is 3.65. The monoisotopic (exact) mass is 391 g/mol. The summed E-state index contributed by atoms with van der Waals surface area (Å²) in [6.45, 7) is 0.614. The molecule has 4 aliphatic carbocycles. The number of nitrogens with zero attached hydrogens (tertiary/aromatic N) is 1. The first-order valence-corrected chi connectivity index (χ1v) is 9.86. The van der Waals surface area contributed by atoms with Gasteiger partial charge in [0.1, 0.15) is 5.75 Å². The van der Waals surface area contributed by atoms with Crippen molar-refractivity contribution in [1.82, 2.24) is 4.90 Å². The molecule has 1 aromatic carbocycles. The van der Waals surface area contributed by atoms with E-state index in [1.807, 2.05) is 24.1 Å². The number of ether oxygens (including phenoxy) is 1. The molecule has 0 aromatic heterocycles. The van der Waals surface area contributed by atoms with Gasteiger partial charge in [-0.3, -0.25) is 4.79 Å². The zero-order valence-corrected chi connectivity index (χ0v) is 16.1. The molecule has 0 heterocycles. The molecule has 4 aliphatic rings. The van der Waals surface area contributed by atoms with Gasteiger partial charge in [-0.25, -0.2) is 0 Å². The molecule has 4 heteroatoms. The molecule has 0 atom stereocenters. The number of rotatable bonds is 4. The van der Waals surface area contributed by atoms with Crippen molar-refractivity contribution in [2.75, 3.05) is 14.2 Å². The minimum atomic E-state index is -0.0667. The summed E-state index contributed by atoms with van der Waals surface area (Å²) in [6.07, 6.45) is 7.48. The summed E-state index contributed by atoms with van der Waals surface area (Å²) >= 11 is 3.52. The Hall–Kier alpha value is -1.03. The highest BCUT2D eigenvalue weighted by Gasteiger charge is 2.55. The summed E-state index contributed by atoms with van der Waals surface area (Å²) < 4.78 is 6.49. The van der Waals surface area contributed by atoms with Gasteiger partial charge in [-0.1, -0.05) is 15.9 Å². The highest BCUT2D eigenvalue weighted by atomic mass is 79.9. The Bertz CT molecular complexity index is 622. The average Bonchev–Trinajstić information content (AvgIpc) is 2.53. The van der Waals surface area contributed by atoms with Crippen molar-refractivity contribution < 1.29 is 9.53 Å². The predicted octanol–water partition coefficient (Wildman–Crippen LogP) is 4.63. The summed E-state index contributed by atoms with van der Waals surface area (Å²) in [4.78, 5) is 15.3. The van der Waals surface area contributed by atoms with Crippen LogP contribution in [0.4, 0.5) is 0 Å². The number of carbonyl (C=O) groups excluding carboxylic acids is 1. The van der Waals surface area contributed by atoms with Crippen LogP contribution in [0.25, 0.3) is 0 Å². The van der Waals surface area contributed by atoms with E-state index in [2.05, 4.69) is 22.0 Å². The van der Waals surface area contributed by atoms with Crippen LogP contribution in [0.2, 0.25) is 0 Å². The van der Waals surface area contributed by atoms with Gasteiger partial charge in [0.25, 0.3) is 0 Å². The lowest BCUT2D eigenvalue weighted by Gasteiger charge is -2.56. The maximum atomic E-state index is 13.4. The van der Waals surface area contributed by atoms with Gasteiger partial charge in [-0.05, 0) is 74.5 Å². The van der Waals surface area contributed by atoms with Crippen LogP contribution < -0.4 is 4.74 Å². The third-order valence-corrected chi connectivity index (χ3v) is 6.98. The van der Waals surface area contributed by atoms with E-state index < -0.39 is 0 Å². The molecule has 0 spiro atoms. The van der Waals surface area contributed by atoms with Gasteiger partial charge in [0, 0.05) is 23.6 Å². The van der Waals surface area contributed by atoms with Crippen LogP contribution >= 0.6 is 15.9 Å². The van der Waals surface area contributed by atoms with Crippen molar-refractivity contribution in [2.24, 2.45) is 23.2 Å². The Kier molecular flexibility index (Phi) is 4.14. The average molecular weight is 392 g/mol. The van der Waals surface area contributed by atoms with Crippen LogP contribution in [0.1, 0.15) is 44.1 Å². The number of halogens is 1. The maximum Gasteiger partial charge on any atom is 0.228 e. The SMILES string of the molecule is COc1ccc(Br)cc1CN(C)C(=O)C12CC3CC(CC(C3)C1)C2. The molecule has 3 nitrogen and oxygen atoms in total. The molecule has 24 heavy (non-hydrogen) atoms. The van der Waals surface area contributed by atoms with E-state index in [0.29, 0.717) is 12.5 Å². The lowest BCUT2D eigenvalue weighted by Crippen LogP contribution is -2.53. The van der Waals surface area contributed by atoms with Gasteiger partial charge in [-0.15, -0.1) is 0 Å². The first kappa shape index (κ1) is 16.4. The molecule has 4 fully saturated rings. The van der Waals surface area contributed by atoms with Crippen LogP contribution in [0.5, 0.6) is 5.75 Å². The molecule has 130 valence electrons. The third-order valence-electron chi connectivity index (χ3n) is 6.49. The molecular weight excluding hydrogens is 366 g/mol. The van der Waals surface area contributed by atoms with Gasteiger partial charge in [0.05, 0.1) is 12.5 Å². The number of methoxy groups -OCH3 is 1. The first-order chi connectivity index (χ1) is 11.5. The van der Waals surface area contributed by atoms with Gasteiger partial charge >= 0.3 is 0 Å². The molecule has 0 saturated heterocycles. The van der Waals surface area contributed by atoms with E-state index in [1.54, 1.807) is 7.11 Å². The molecule has 5 rings (SSSR count). The lowest BCUT2D eigenvalue weighted by atomic mass is 9.49. The van der Waals surface area contributed by atoms with Crippen LogP contribution in [0, 0.1) is 23.2 Å². The smallest absolute Gasteiger partial charge is 0.228 e. The second-order valence-corrected chi connectivity index (χ2v) is 9.23. The van der Waals surface area contributed by atoms with Crippen molar-refractivity contribution >= 4 is 21.8 Å². The lowest BCUT2D eigenvalue weighted by molar-refractivity contribution is -0.156. The Balaban J connectivity index is 1.54. The minimum absolute atomic E-state index is 0.0667. The fraction of sp³-hybridized carbons (Fsp3) is 0.650. The molecule has 0 N–H and O–H groups in total. The first-order valence-electron chi connectivity index (χ1n) is 9.07. The topological polar surface area (TPSA) is 29.5 Å². The number of benzene rings is 1. The van der Waals surface area contributed by atoms with Gasteiger partial charge in [-0.2, -0.15) is 0 Å². The van der Waals surface area contributed by atoms with Gasteiger partial charge < -0.3 is 9.64 Å². The van der Waals surface area contributed by atoms with Crippen molar-refractivity contribution in [2.45, 2.75) is 45.1 Å². The Labute approximate surface area is 152 Å². The zero-order chi connectivity index (χ0) is 16.9. The number of hydrogen-bond donors (Lipinski definition) is 0. The Morgan fingerprint density at radius 1 is 1.21 bits per heavy atom. The molecule has 1 amide bonds. The van der Waals surface area contributed by atoms with E-state index in [9.17, 15) is 4.79 Å². The highest BCUT2D eigenvalue weighted by Crippen LogP contribution is 2.60. The van der Waals surface area contributed by atoms with Gasteiger partial charge in [0.15, 0.2) is 0 Å². The van der Waals surface area contributed by atoms with Crippen molar-refractivity contribution in [1.29, 1.82) is 0 Å². The summed E-state index contributed by atoms with van der Waals surface area (Å²) in [6, 6.07) is 5.99. The second-order valence-electron chi connectivity index (χ2n) is 8.32. The van der Waals surface area contributed by atoms with E-state index >= 15 is 0 Å². The Morgan fingerprint density at radius 3 is 2.33 bits per heavy atom. The molecular formula is C20H26BrNO2. The normalized spacial score (nSPS) is 33.5. The van der Waals surface area contributed by atoms with E-state index in [-0.39, 0.29) is 5.41 Å². The molecule has 4 saturated carbocycles. The number of amides is 1. The van der Waals surface area contributed by atoms with Crippen molar-refractivity contribution in [3.63, 3.8) is 0 Å². The number of carbonyl (C=O) groups is 1. The van der Waals surface area contributed by atoms with E-state index in [0.717, 1.165) is 52.8 Å². The fourth-order valence-electron chi connectivity index (χ4n) is 5.98. The van der Waals surface area contributed by atoms with E-state index in [4.69, 9.17) is 4.74 Å². The quantitative estimate of drug-likeness (QED) is 0.748. The summed E-state index contributed by atoms with van der Waals surface area (Å²) in [5, 5.41) is 0. The van der Waals surface area contributed by atoms with Crippen LogP contribution in [0.3, 0.4) is 0 Å².